The highest BCUT2D eigenvalue weighted by Crippen LogP contribution is 2.28. The summed E-state index contributed by atoms with van der Waals surface area (Å²) in [6, 6.07) is 22.6. The number of dihydropyridines is 1. The number of allylic oxidation sites excluding steroid dienone is 4. The molecule has 2 saturated heterocycles. The molecule has 3 aromatic rings. The van der Waals surface area contributed by atoms with Gasteiger partial charge in [0.1, 0.15) is 0 Å². The van der Waals surface area contributed by atoms with Crippen LogP contribution in [-0.4, -0.2) is 53.2 Å². The maximum Gasteiger partial charge on any atom is 0.0659 e. The summed E-state index contributed by atoms with van der Waals surface area (Å²) < 4.78 is 3.62. The molecule has 2 aromatic carbocycles. The highest BCUT2D eigenvalue weighted by atomic mass is 32.2. The fourth-order valence-corrected chi connectivity index (χ4v) is 7.75. The van der Waals surface area contributed by atoms with Gasteiger partial charge in [0, 0.05) is 68.2 Å². The Morgan fingerprint density at radius 1 is 0.845 bits per heavy atom. The van der Waals surface area contributed by atoms with Crippen LogP contribution in [0.3, 0.4) is 0 Å². The molecule has 6 nitrogen and oxygen atoms in total. The predicted octanol–water partition coefficient (Wildman–Crippen LogP) is 10.7. The summed E-state index contributed by atoms with van der Waals surface area (Å²) in [4.78, 5) is 15.6. The van der Waals surface area contributed by atoms with Crippen LogP contribution < -0.4 is 20.4 Å². The van der Waals surface area contributed by atoms with Crippen LogP contribution in [0.5, 0.6) is 0 Å². The third-order valence-electron chi connectivity index (χ3n) is 10.5. The van der Waals surface area contributed by atoms with E-state index in [-0.39, 0.29) is 0 Å². The van der Waals surface area contributed by atoms with Crippen LogP contribution in [0.2, 0.25) is 0 Å². The number of fused-ring (bicyclic) bond motifs is 1. The smallest absolute Gasteiger partial charge is 0.0659 e. The molecular weight excluding hydrogens is 749 g/mol. The molecule has 3 N–H and O–H groups in total. The number of nitrogens with two attached hydrogens (primary N) is 1. The molecule has 2 unspecified atom stereocenters. The first kappa shape index (κ1) is 49.1. The van der Waals surface area contributed by atoms with Crippen molar-refractivity contribution in [2.45, 2.75) is 124 Å². The maximum atomic E-state index is 4.68. The van der Waals surface area contributed by atoms with Crippen LogP contribution in [-0.2, 0) is 13.1 Å². The molecule has 8 heteroatoms. The lowest BCUT2D eigenvalue weighted by atomic mass is 9.98. The highest BCUT2D eigenvalue weighted by molar-refractivity contribution is 8.02. The number of hydrogen-bond acceptors (Lipinski definition) is 8. The summed E-state index contributed by atoms with van der Waals surface area (Å²) in [6.45, 7) is 22.9. The van der Waals surface area contributed by atoms with Crippen molar-refractivity contribution in [2.75, 3.05) is 26.2 Å². The van der Waals surface area contributed by atoms with Crippen LogP contribution in [0.25, 0.3) is 12.2 Å². The van der Waals surface area contributed by atoms with E-state index in [0.717, 1.165) is 70.7 Å². The number of pyridine rings is 1. The maximum absolute atomic E-state index is 4.68. The number of aryl methyl sites for hydroxylation is 1. The fraction of sp³-hybridized carbons (Fsp3) is 0.480. The Bertz CT molecular complexity index is 1800. The molecule has 3 fully saturated rings. The van der Waals surface area contributed by atoms with Gasteiger partial charge in [-0.25, -0.2) is 0 Å². The zero-order valence-corrected chi connectivity index (χ0v) is 38.3. The van der Waals surface area contributed by atoms with E-state index in [9.17, 15) is 0 Å². The Morgan fingerprint density at radius 2 is 1.50 bits per heavy atom. The van der Waals surface area contributed by atoms with Gasteiger partial charge in [-0.3, -0.25) is 29.6 Å². The van der Waals surface area contributed by atoms with Crippen LogP contribution in [0.15, 0.2) is 107 Å². The Hall–Kier alpha value is -3.24. The summed E-state index contributed by atoms with van der Waals surface area (Å²) in [5.74, 6) is 1.72. The lowest BCUT2D eigenvalue weighted by Gasteiger charge is -2.17. The Balaban J connectivity index is 0.000000253. The molecule has 0 amide bonds. The number of rotatable bonds is 11. The molecule has 3 aliphatic heterocycles. The van der Waals surface area contributed by atoms with E-state index in [2.05, 4.69) is 154 Å². The molecule has 0 spiro atoms. The van der Waals surface area contributed by atoms with Crippen molar-refractivity contribution in [3.05, 3.63) is 135 Å². The van der Waals surface area contributed by atoms with E-state index in [1.165, 1.54) is 75.7 Å². The van der Waals surface area contributed by atoms with Gasteiger partial charge in [-0.2, -0.15) is 0 Å². The molecule has 316 valence electrons. The van der Waals surface area contributed by atoms with Crippen molar-refractivity contribution >= 4 is 43.1 Å². The summed E-state index contributed by atoms with van der Waals surface area (Å²) >= 11 is 4.75. The second-order valence-corrected chi connectivity index (χ2v) is 16.1. The molecule has 5 aliphatic rings. The van der Waals surface area contributed by atoms with Gasteiger partial charge in [-0.05, 0) is 104 Å². The van der Waals surface area contributed by atoms with Crippen molar-refractivity contribution in [2.24, 2.45) is 16.0 Å². The van der Waals surface area contributed by atoms with Crippen molar-refractivity contribution in [1.29, 1.82) is 0 Å². The molecular formula is C50H74N6S2. The lowest BCUT2D eigenvalue weighted by molar-refractivity contribution is 0.325. The molecule has 0 radical (unpaired) electrons. The SMILES string of the molecule is C=CCC/C=C1\CC=C(SNC2CCN(Cc3ccccc3)C2)C=N1.CC.CC.CC1CC1.Cc1ccc(CN2CCC(c3cnc4c(c3)=CCCC=4)C2)cc1.NS. The van der Waals surface area contributed by atoms with Gasteiger partial charge < -0.3 is 0 Å². The topological polar surface area (TPSA) is 69.8 Å². The summed E-state index contributed by atoms with van der Waals surface area (Å²) in [5.41, 5.74) is 6.74. The van der Waals surface area contributed by atoms with E-state index in [4.69, 9.17) is 0 Å². The second-order valence-electron chi connectivity index (χ2n) is 15.2. The third-order valence-corrected chi connectivity index (χ3v) is 11.4. The van der Waals surface area contributed by atoms with Gasteiger partial charge in [-0.15, -0.1) is 19.4 Å². The number of benzene rings is 2. The van der Waals surface area contributed by atoms with Crippen LogP contribution >= 0.6 is 24.8 Å². The van der Waals surface area contributed by atoms with E-state index in [0.29, 0.717) is 12.0 Å². The average molecular weight is 823 g/mol. The zero-order chi connectivity index (χ0) is 42.0. The number of nitrogens with zero attached hydrogens (tertiary/aromatic N) is 4. The second kappa shape index (κ2) is 29.1. The first-order valence-corrected chi connectivity index (χ1v) is 23.3. The zero-order valence-electron chi connectivity index (χ0n) is 36.6. The normalized spacial score (nSPS) is 19.9. The Morgan fingerprint density at radius 3 is 2.16 bits per heavy atom. The summed E-state index contributed by atoms with van der Waals surface area (Å²) in [5, 5.41) is 6.71. The van der Waals surface area contributed by atoms with Crippen molar-refractivity contribution in [3.8, 4) is 0 Å². The van der Waals surface area contributed by atoms with Gasteiger partial charge >= 0.3 is 0 Å². The minimum Gasteiger partial charge on any atom is -0.298 e. The van der Waals surface area contributed by atoms with Crippen molar-refractivity contribution < 1.29 is 0 Å². The highest BCUT2D eigenvalue weighted by Gasteiger charge is 2.25. The molecule has 1 aromatic heterocycles. The predicted molar refractivity (Wildman–Crippen MR) is 259 cm³/mol. The molecule has 1 saturated carbocycles. The van der Waals surface area contributed by atoms with Gasteiger partial charge in [0.25, 0.3) is 0 Å². The molecule has 2 aliphatic carbocycles. The van der Waals surface area contributed by atoms with Crippen LogP contribution in [0, 0.1) is 12.8 Å². The average Bonchev–Trinajstić information content (AvgIpc) is 3.70. The van der Waals surface area contributed by atoms with Crippen molar-refractivity contribution in [3.63, 3.8) is 0 Å². The number of aliphatic imine (C=N–C) groups is 1. The quantitative estimate of drug-likeness (QED) is 0.0775. The number of unbranched alkanes of at least 4 members (excludes halogenated alkanes) is 1. The minimum atomic E-state index is 0.549. The molecule has 4 heterocycles. The van der Waals surface area contributed by atoms with E-state index >= 15 is 0 Å². The van der Waals surface area contributed by atoms with Gasteiger partial charge in [0.05, 0.1) is 5.35 Å². The van der Waals surface area contributed by atoms with Crippen LogP contribution in [0.1, 0.15) is 121 Å². The largest absolute Gasteiger partial charge is 0.298 e. The first-order chi connectivity index (χ1) is 28.5. The van der Waals surface area contributed by atoms with Crippen LogP contribution in [0.4, 0.5) is 0 Å². The first-order valence-electron chi connectivity index (χ1n) is 21.9. The molecule has 2 atom stereocenters. The molecule has 8 rings (SSSR count). The lowest BCUT2D eigenvalue weighted by Crippen LogP contribution is -2.30. The van der Waals surface area contributed by atoms with Gasteiger partial charge in [0.15, 0.2) is 0 Å². The standard InChI is InChI=1S/C21H27N3S.C21H24N2.C4H8.2C2H6.H3NS/c1-2-3-5-10-19-11-12-21(15-22-19)25-23-20-13-14-24(17-20)16-18-8-6-4-7-9-18;1-16-6-8-17(9-7-16)14-23-11-10-19(15-23)20-12-18-4-2-3-5-21(18)22-13-20;1-4-2-3-4;3*1-2/h2,4,6-10,12,15,20,23H,1,3,5,11,13-14,16-17H2;4-9,12-13,19H,2-3,10-11,14-15H2,1H3;4H,2-3H2,1H3;2*1-2H3;2H,1H2/b19-10+;;;;;. The summed E-state index contributed by atoms with van der Waals surface area (Å²) in [7, 11) is 0. The Labute approximate surface area is 362 Å². The number of nitrogens with one attached hydrogen (secondary N) is 1. The van der Waals surface area contributed by atoms with Gasteiger partial charge in [0.2, 0.25) is 0 Å². The third kappa shape index (κ3) is 18.4. The van der Waals surface area contributed by atoms with Crippen molar-refractivity contribution in [1.82, 2.24) is 19.5 Å². The minimum absolute atomic E-state index is 0.549. The monoisotopic (exact) mass is 823 g/mol. The van der Waals surface area contributed by atoms with Gasteiger partial charge in [-0.1, -0.05) is 138 Å². The number of thiol groups is 1. The number of likely N-dealkylation sites (tertiary alicyclic amines) is 2. The number of hydrogen-bond donors (Lipinski definition) is 3. The Kier molecular flexibility index (Phi) is 24.6. The van der Waals surface area contributed by atoms with E-state index < -0.39 is 0 Å². The van der Waals surface area contributed by atoms with E-state index in [1.54, 1.807) is 11.9 Å². The molecule has 0 bridgehead atoms. The van der Waals surface area contributed by atoms with E-state index in [1.807, 2.05) is 40.0 Å². The fourth-order valence-electron chi connectivity index (χ4n) is 6.99. The number of aromatic nitrogens is 1. The summed E-state index contributed by atoms with van der Waals surface area (Å²) in [6.07, 6.45) is 25.8. The molecule has 58 heavy (non-hydrogen) atoms.